The maximum absolute atomic E-state index is 11.7. The number of ether oxygens (including phenoxy) is 1. The number of carboxylic acid groups (broad SMARTS) is 1. The molecule has 1 N–H and O–H groups in total. The lowest BCUT2D eigenvalue weighted by atomic mass is 9.86. The Morgan fingerprint density at radius 3 is 2.47 bits per heavy atom. The Balaban J connectivity index is 1.48. The Labute approximate surface area is 176 Å². The van der Waals surface area contributed by atoms with Crippen molar-refractivity contribution in [2.24, 2.45) is 0 Å². The van der Waals surface area contributed by atoms with E-state index in [0.717, 1.165) is 55.3 Å². The summed E-state index contributed by atoms with van der Waals surface area (Å²) < 4.78 is 8.77. The Hall–Kier alpha value is -3.05. The number of hydrogen-bond acceptors (Lipinski definition) is 3. The summed E-state index contributed by atoms with van der Waals surface area (Å²) in [5, 5.41) is 9.63. The fourth-order valence-corrected chi connectivity index (χ4v) is 4.80. The molecule has 2 aliphatic heterocycles. The zero-order chi connectivity index (χ0) is 20.7. The third-order valence-corrected chi connectivity index (χ3v) is 6.52. The van der Waals surface area contributed by atoms with Gasteiger partial charge in [0.05, 0.1) is 17.3 Å². The minimum atomic E-state index is -0.813. The predicted octanol–water partition coefficient (Wildman–Crippen LogP) is 4.55. The standard InChI is InChI=1S/C25H26N2O3/c1-18(24(28)29)20-11-12-23-25(30-22-10-6-5-9-21(22)27(20)23)13-15-26(16-14-25)17-19-7-3-2-4-8-19/h2-12,18H,13-17H2,1H3,(H,28,29). The minimum Gasteiger partial charge on any atom is -0.481 e. The summed E-state index contributed by atoms with van der Waals surface area (Å²) in [6.07, 6.45) is 1.75. The molecule has 1 fully saturated rings. The van der Waals surface area contributed by atoms with Gasteiger partial charge in [-0.2, -0.15) is 0 Å². The molecule has 0 bridgehead atoms. The van der Waals surface area contributed by atoms with Gasteiger partial charge in [-0.1, -0.05) is 42.5 Å². The Morgan fingerprint density at radius 2 is 1.73 bits per heavy atom. The van der Waals surface area contributed by atoms with E-state index in [1.807, 2.05) is 36.4 Å². The first-order valence-corrected chi connectivity index (χ1v) is 10.6. The number of piperidine rings is 1. The maximum atomic E-state index is 11.7. The summed E-state index contributed by atoms with van der Waals surface area (Å²) in [6, 6.07) is 22.5. The summed E-state index contributed by atoms with van der Waals surface area (Å²) in [5.74, 6) is -0.566. The van der Waals surface area contributed by atoms with Gasteiger partial charge in [-0.05, 0) is 36.8 Å². The summed E-state index contributed by atoms with van der Waals surface area (Å²) in [6.45, 7) is 4.56. The molecule has 1 atom stereocenters. The molecule has 0 aliphatic carbocycles. The smallest absolute Gasteiger partial charge is 0.312 e. The van der Waals surface area contributed by atoms with Crippen LogP contribution in [-0.2, 0) is 16.9 Å². The first-order valence-electron chi connectivity index (χ1n) is 10.6. The van der Waals surface area contributed by atoms with Crippen LogP contribution >= 0.6 is 0 Å². The van der Waals surface area contributed by atoms with Crippen LogP contribution in [0.3, 0.4) is 0 Å². The quantitative estimate of drug-likeness (QED) is 0.696. The third-order valence-electron chi connectivity index (χ3n) is 6.52. The van der Waals surface area contributed by atoms with Crippen molar-refractivity contribution in [3.63, 3.8) is 0 Å². The van der Waals surface area contributed by atoms with Gasteiger partial charge in [-0.3, -0.25) is 9.69 Å². The highest BCUT2D eigenvalue weighted by molar-refractivity contribution is 5.75. The molecule has 0 saturated carbocycles. The fourth-order valence-electron chi connectivity index (χ4n) is 4.80. The van der Waals surface area contributed by atoms with Gasteiger partial charge in [-0.15, -0.1) is 0 Å². The highest BCUT2D eigenvalue weighted by atomic mass is 16.5. The summed E-state index contributed by atoms with van der Waals surface area (Å²) in [5.41, 5.74) is 3.71. The van der Waals surface area contributed by atoms with E-state index in [9.17, 15) is 9.90 Å². The summed E-state index contributed by atoms with van der Waals surface area (Å²) in [4.78, 5) is 14.2. The van der Waals surface area contributed by atoms with Gasteiger partial charge in [0.25, 0.3) is 0 Å². The first kappa shape index (κ1) is 18.9. The second-order valence-corrected chi connectivity index (χ2v) is 8.36. The van der Waals surface area contributed by atoms with Crippen molar-refractivity contribution >= 4 is 5.97 Å². The van der Waals surface area contributed by atoms with E-state index < -0.39 is 17.5 Å². The molecule has 30 heavy (non-hydrogen) atoms. The number of hydrogen-bond donors (Lipinski definition) is 1. The predicted molar refractivity (Wildman–Crippen MR) is 115 cm³/mol. The van der Waals surface area contributed by atoms with E-state index in [1.54, 1.807) is 6.92 Å². The second-order valence-electron chi connectivity index (χ2n) is 8.36. The van der Waals surface area contributed by atoms with Gasteiger partial charge in [-0.25, -0.2) is 0 Å². The molecular formula is C25H26N2O3. The zero-order valence-corrected chi connectivity index (χ0v) is 17.1. The first-order chi connectivity index (χ1) is 14.6. The lowest BCUT2D eigenvalue weighted by Crippen LogP contribution is -2.48. The molecule has 1 spiro atoms. The van der Waals surface area contributed by atoms with Crippen LogP contribution in [0.1, 0.15) is 42.6 Å². The van der Waals surface area contributed by atoms with Gasteiger partial charge >= 0.3 is 5.97 Å². The molecule has 0 amide bonds. The van der Waals surface area contributed by atoms with Crippen molar-refractivity contribution < 1.29 is 14.6 Å². The fraction of sp³-hybridized carbons (Fsp3) is 0.320. The number of fused-ring (bicyclic) bond motifs is 4. The average molecular weight is 402 g/mol. The Kier molecular flexibility index (Phi) is 4.63. The monoisotopic (exact) mass is 402 g/mol. The molecule has 5 heteroatoms. The van der Waals surface area contributed by atoms with E-state index in [4.69, 9.17) is 4.74 Å². The molecular weight excluding hydrogens is 376 g/mol. The SMILES string of the molecule is CC(C(=O)O)c1ccc2n1-c1ccccc1OC21CCN(Cc2ccccc2)CC1. The van der Waals surface area contributed by atoms with Crippen molar-refractivity contribution in [3.05, 3.63) is 83.7 Å². The number of benzene rings is 2. The van der Waals surface area contributed by atoms with E-state index in [1.165, 1.54) is 5.56 Å². The van der Waals surface area contributed by atoms with E-state index in [0.29, 0.717) is 0 Å². The van der Waals surface area contributed by atoms with Crippen LogP contribution in [0.5, 0.6) is 5.75 Å². The van der Waals surface area contributed by atoms with Crippen LogP contribution in [0.25, 0.3) is 5.69 Å². The number of likely N-dealkylation sites (tertiary alicyclic amines) is 1. The molecule has 154 valence electrons. The van der Waals surface area contributed by atoms with Crippen LogP contribution in [-0.4, -0.2) is 33.6 Å². The molecule has 1 aromatic heterocycles. The van der Waals surface area contributed by atoms with Crippen molar-refractivity contribution in [2.75, 3.05) is 13.1 Å². The van der Waals surface area contributed by atoms with Crippen molar-refractivity contribution in [1.82, 2.24) is 9.47 Å². The molecule has 3 aromatic rings. The molecule has 2 aromatic carbocycles. The van der Waals surface area contributed by atoms with E-state index >= 15 is 0 Å². The normalized spacial score (nSPS) is 18.3. The Bertz CT molecular complexity index is 1070. The summed E-state index contributed by atoms with van der Waals surface area (Å²) in [7, 11) is 0. The lowest BCUT2D eigenvalue weighted by molar-refractivity contribution is -0.138. The van der Waals surface area contributed by atoms with Gasteiger partial charge in [0.1, 0.15) is 5.75 Å². The topological polar surface area (TPSA) is 54.7 Å². The van der Waals surface area contributed by atoms with Gasteiger partial charge in [0, 0.05) is 38.2 Å². The molecule has 0 radical (unpaired) electrons. The zero-order valence-electron chi connectivity index (χ0n) is 17.1. The highest BCUT2D eigenvalue weighted by Crippen LogP contribution is 2.46. The second kappa shape index (κ2) is 7.33. The van der Waals surface area contributed by atoms with Crippen LogP contribution in [0, 0.1) is 0 Å². The summed E-state index contributed by atoms with van der Waals surface area (Å²) >= 11 is 0. The number of carbonyl (C=O) groups is 1. The number of aliphatic carboxylic acids is 1. The Morgan fingerprint density at radius 1 is 1.03 bits per heavy atom. The molecule has 1 saturated heterocycles. The number of aromatic nitrogens is 1. The largest absolute Gasteiger partial charge is 0.481 e. The number of rotatable bonds is 4. The number of para-hydroxylation sites is 2. The van der Waals surface area contributed by atoms with Gasteiger partial charge < -0.3 is 14.4 Å². The maximum Gasteiger partial charge on any atom is 0.312 e. The number of nitrogens with zero attached hydrogens (tertiary/aromatic N) is 2. The lowest BCUT2D eigenvalue weighted by Gasteiger charge is -2.45. The molecule has 2 aliphatic rings. The average Bonchev–Trinajstić information content (AvgIpc) is 3.22. The van der Waals surface area contributed by atoms with Crippen molar-refractivity contribution in [3.8, 4) is 11.4 Å². The number of carboxylic acids is 1. The van der Waals surface area contributed by atoms with Gasteiger partial charge in [0.15, 0.2) is 5.60 Å². The van der Waals surface area contributed by atoms with E-state index in [-0.39, 0.29) is 0 Å². The molecule has 5 rings (SSSR count). The van der Waals surface area contributed by atoms with Crippen LogP contribution in [0.2, 0.25) is 0 Å². The van der Waals surface area contributed by atoms with Crippen molar-refractivity contribution in [2.45, 2.75) is 37.8 Å². The van der Waals surface area contributed by atoms with Gasteiger partial charge in [0.2, 0.25) is 0 Å². The molecule has 1 unspecified atom stereocenters. The van der Waals surface area contributed by atoms with Crippen molar-refractivity contribution in [1.29, 1.82) is 0 Å². The van der Waals surface area contributed by atoms with Crippen LogP contribution in [0.4, 0.5) is 0 Å². The van der Waals surface area contributed by atoms with Crippen LogP contribution in [0.15, 0.2) is 66.7 Å². The van der Waals surface area contributed by atoms with E-state index in [2.05, 4.69) is 39.8 Å². The highest BCUT2D eigenvalue weighted by Gasteiger charge is 2.45. The molecule has 3 heterocycles. The van der Waals surface area contributed by atoms with Crippen LogP contribution < -0.4 is 4.74 Å². The third kappa shape index (κ3) is 3.10. The minimum absolute atomic E-state index is 0.419. The molecule has 5 nitrogen and oxygen atoms in total.